The van der Waals surface area contributed by atoms with Gasteiger partial charge in [-0.25, -0.2) is 0 Å². The second-order valence-corrected chi connectivity index (χ2v) is 4.96. The molecule has 0 fully saturated rings. The molecule has 0 bridgehead atoms. The molecule has 1 atom stereocenters. The van der Waals surface area contributed by atoms with Crippen molar-refractivity contribution >= 4 is 21.6 Å². The van der Waals surface area contributed by atoms with Gasteiger partial charge in [0.15, 0.2) is 0 Å². The average molecular weight is 295 g/mol. The van der Waals surface area contributed by atoms with Crippen molar-refractivity contribution in [3.63, 3.8) is 0 Å². The molecule has 0 saturated carbocycles. The standard InChI is InChI=1S/C14H19BrN2/c1-5-9-17(4)14-10-12(15)7-8-13(14)11(3)16-6-2/h1,7-8,10-11,16H,6,9H2,2-4H3. The Hall–Kier alpha value is -0.980. The van der Waals surface area contributed by atoms with E-state index < -0.39 is 0 Å². The highest BCUT2D eigenvalue weighted by molar-refractivity contribution is 9.10. The van der Waals surface area contributed by atoms with Crippen molar-refractivity contribution in [1.29, 1.82) is 0 Å². The minimum atomic E-state index is 0.323. The summed E-state index contributed by atoms with van der Waals surface area (Å²) in [5.74, 6) is 2.67. The van der Waals surface area contributed by atoms with Crippen LogP contribution in [0.2, 0.25) is 0 Å². The number of nitrogens with one attached hydrogen (secondary N) is 1. The maximum atomic E-state index is 5.37. The summed E-state index contributed by atoms with van der Waals surface area (Å²) in [6.45, 7) is 5.85. The lowest BCUT2D eigenvalue weighted by Gasteiger charge is -2.24. The predicted octanol–water partition coefficient (Wildman–Crippen LogP) is 3.19. The van der Waals surface area contributed by atoms with Crippen LogP contribution in [0.25, 0.3) is 0 Å². The predicted molar refractivity (Wildman–Crippen MR) is 78.3 cm³/mol. The molecule has 1 N–H and O–H groups in total. The molecule has 92 valence electrons. The smallest absolute Gasteiger partial charge is 0.0788 e. The Labute approximate surface area is 113 Å². The maximum Gasteiger partial charge on any atom is 0.0788 e. The van der Waals surface area contributed by atoms with E-state index in [1.807, 2.05) is 7.05 Å². The first kappa shape index (κ1) is 14.1. The average Bonchev–Trinajstić information content (AvgIpc) is 2.29. The Kier molecular flexibility index (Phi) is 5.54. The van der Waals surface area contributed by atoms with Crippen LogP contribution in [0.3, 0.4) is 0 Å². The van der Waals surface area contributed by atoms with Gasteiger partial charge < -0.3 is 10.2 Å². The molecule has 0 aliphatic carbocycles. The van der Waals surface area contributed by atoms with Crippen LogP contribution >= 0.6 is 15.9 Å². The van der Waals surface area contributed by atoms with Gasteiger partial charge in [-0.2, -0.15) is 0 Å². The Morgan fingerprint density at radius 3 is 2.82 bits per heavy atom. The number of nitrogens with zero attached hydrogens (tertiary/aromatic N) is 1. The van der Waals surface area contributed by atoms with Crippen molar-refractivity contribution in [3.8, 4) is 12.3 Å². The van der Waals surface area contributed by atoms with Gasteiger partial charge in [-0.15, -0.1) is 6.42 Å². The van der Waals surface area contributed by atoms with Gasteiger partial charge in [-0.1, -0.05) is 34.8 Å². The molecule has 0 spiro atoms. The summed E-state index contributed by atoms with van der Waals surface area (Å²) >= 11 is 3.51. The fourth-order valence-electron chi connectivity index (χ4n) is 1.85. The number of hydrogen-bond acceptors (Lipinski definition) is 2. The lowest BCUT2D eigenvalue weighted by atomic mass is 10.1. The number of benzene rings is 1. The third-order valence-corrected chi connectivity index (χ3v) is 3.20. The van der Waals surface area contributed by atoms with Crippen LogP contribution in [-0.4, -0.2) is 20.1 Å². The summed E-state index contributed by atoms with van der Waals surface area (Å²) in [5.41, 5.74) is 2.44. The third-order valence-electron chi connectivity index (χ3n) is 2.71. The zero-order chi connectivity index (χ0) is 12.8. The van der Waals surface area contributed by atoms with Crippen molar-refractivity contribution in [2.75, 3.05) is 25.0 Å². The second-order valence-electron chi connectivity index (χ2n) is 4.04. The molecular weight excluding hydrogens is 276 g/mol. The summed E-state index contributed by atoms with van der Waals surface area (Å²) in [6, 6.07) is 6.64. The van der Waals surface area contributed by atoms with E-state index in [4.69, 9.17) is 6.42 Å². The number of rotatable bonds is 5. The molecule has 0 heterocycles. The molecule has 0 aliphatic rings. The third kappa shape index (κ3) is 3.76. The summed E-state index contributed by atoms with van der Waals surface area (Å²) in [4.78, 5) is 2.09. The maximum absolute atomic E-state index is 5.37. The topological polar surface area (TPSA) is 15.3 Å². The zero-order valence-corrected chi connectivity index (χ0v) is 12.2. The quantitative estimate of drug-likeness (QED) is 0.839. The SMILES string of the molecule is C#CCN(C)c1cc(Br)ccc1C(C)NCC. The first-order chi connectivity index (χ1) is 8.10. The van der Waals surface area contributed by atoms with Gasteiger partial charge in [0, 0.05) is 23.2 Å². The second kappa shape index (κ2) is 6.68. The number of halogens is 1. The Morgan fingerprint density at radius 2 is 2.24 bits per heavy atom. The van der Waals surface area contributed by atoms with Crippen molar-refractivity contribution < 1.29 is 0 Å². The Balaban J connectivity index is 3.07. The van der Waals surface area contributed by atoms with E-state index in [-0.39, 0.29) is 0 Å². The molecular formula is C14H19BrN2. The van der Waals surface area contributed by atoms with E-state index in [0.717, 1.165) is 11.0 Å². The van der Waals surface area contributed by atoms with Crippen molar-refractivity contribution in [1.82, 2.24) is 5.32 Å². The highest BCUT2D eigenvalue weighted by atomic mass is 79.9. The molecule has 1 rings (SSSR count). The highest BCUT2D eigenvalue weighted by Crippen LogP contribution is 2.28. The van der Waals surface area contributed by atoms with Crippen LogP contribution in [0.1, 0.15) is 25.5 Å². The van der Waals surface area contributed by atoms with E-state index in [0.29, 0.717) is 12.6 Å². The Bertz CT molecular complexity index is 409. The number of terminal acetylenes is 1. The summed E-state index contributed by atoms with van der Waals surface area (Å²) in [5, 5.41) is 3.42. The summed E-state index contributed by atoms with van der Waals surface area (Å²) < 4.78 is 1.07. The Morgan fingerprint density at radius 1 is 1.53 bits per heavy atom. The molecule has 0 aliphatic heterocycles. The molecule has 3 heteroatoms. The van der Waals surface area contributed by atoms with Gasteiger partial charge >= 0.3 is 0 Å². The van der Waals surface area contributed by atoms with Crippen LogP contribution < -0.4 is 10.2 Å². The molecule has 0 saturated heterocycles. The molecule has 1 aromatic carbocycles. The monoisotopic (exact) mass is 294 g/mol. The van der Waals surface area contributed by atoms with Crippen LogP contribution in [0, 0.1) is 12.3 Å². The molecule has 0 amide bonds. The fourth-order valence-corrected chi connectivity index (χ4v) is 2.20. The van der Waals surface area contributed by atoms with Crippen LogP contribution in [0.15, 0.2) is 22.7 Å². The zero-order valence-electron chi connectivity index (χ0n) is 10.6. The molecule has 1 unspecified atom stereocenters. The molecule has 17 heavy (non-hydrogen) atoms. The van der Waals surface area contributed by atoms with E-state index in [9.17, 15) is 0 Å². The lowest BCUT2D eigenvalue weighted by Crippen LogP contribution is -2.23. The number of hydrogen-bond donors (Lipinski definition) is 1. The van der Waals surface area contributed by atoms with Crippen LogP contribution in [0.5, 0.6) is 0 Å². The lowest BCUT2D eigenvalue weighted by molar-refractivity contribution is 0.597. The normalized spacial score (nSPS) is 11.9. The van der Waals surface area contributed by atoms with E-state index in [1.165, 1.54) is 11.3 Å². The van der Waals surface area contributed by atoms with Gasteiger partial charge in [0.25, 0.3) is 0 Å². The van der Waals surface area contributed by atoms with Crippen LogP contribution in [0.4, 0.5) is 5.69 Å². The van der Waals surface area contributed by atoms with E-state index in [1.54, 1.807) is 0 Å². The molecule has 0 aromatic heterocycles. The van der Waals surface area contributed by atoms with Crippen molar-refractivity contribution in [3.05, 3.63) is 28.2 Å². The first-order valence-corrected chi connectivity index (χ1v) is 6.56. The largest absolute Gasteiger partial charge is 0.363 e. The van der Waals surface area contributed by atoms with Crippen LogP contribution in [-0.2, 0) is 0 Å². The minimum Gasteiger partial charge on any atom is -0.363 e. The number of anilines is 1. The summed E-state index contributed by atoms with van der Waals surface area (Å²) in [7, 11) is 2.02. The van der Waals surface area contributed by atoms with Gasteiger partial charge in [-0.3, -0.25) is 0 Å². The van der Waals surface area contributed by atoms with E-state index in [2.05, 4.69) is 64.1 Å². The molecule has 0 radical (unpaired) electrons. The molecule has 1 aromatic rings. The first-order valence-electron chi connectivity index (χ1n) is 5.77. The highest BCUT2D eigenvalue weighted by Gasteiger charge is 2.12. The minimum absolute atomic E-state index is 0.323. The van der Waals surface area contributed by atoms with Gasteiger partial charge in [0.05, 0.1) is 6.54 Å². The van der Waals surface area contributed by atoms with Gasteiger partial charge in [0.2, 0.25) is 0 Å². The molecule has 2 nitrogen and oxygen atoms in total. The van der Waals surface area contributed by atoms with Gasteiger partial charge in [0.1, 0.15) is 0 Å². The van der Waals surface area contributed by atoms with Gasteiger partial charge in [-0.05, 0) is 31.2 Å². The summed E-state index contributed by atoms with van der Waals surface area (Å²) in [6.07, 6.45) is 5.37. The van der Waals surface area contributed by atoms with Crippen molar-refractivity contribution in [2.24, 2.45) is 0 Å². The van der Waals surface area contributed by atoms with E-state index >= 15 is 0 Å². The fraction of sp³-hybridized carbons (Fsp3) is 0.429. The van der Waals surface area contributed by atoms with Crippen molar-refractivity contribution in [2.45, 2.75) is 19.9 Å².